The summed E-state index contributed by atoms with van der Waals surface area (Å²) >= 11 is 1.32. The van der Waals surface area contributed by atoms with Gasteiger partial charge in [-0.05, 0) is 6.07 Å². The molecule has 0 aliphatic carbocycles. The molecule has 0 aromatic carbocycles. The lowest BCUT2D eigenvalue weighted by molar-refractivity contribution is 0.0991. The zero-order valence-corrected chi connectivity index (χ0v) is 9.90. The van der Waals surface area contributed by atoms with Crippen LogP contribution in [-0.4, -0.2) is 26.5 Å². The first-order chi connectivity index (χ1) is 8.06. The van der Waals surface area contributed by atoms with Crippen LogP contribution in [0, 0.1) is 0 Å². The molecule has 0 unspecified atom stereocenters. The summed E-state index contributed by atoms with van der Waals surface area (Å²) in [6.07, 6.45) is 3.29. The zero-order chi connectivity index (χ0) is 12.4. The number of rotatable bonds is 4. The van der Waals surface area contributed by atoms with Crippen LogP contribution in [0.3, 0.4) is 0 Å². The Balaban J connectivity index is 2.13. The minimum absolute atomic E-state index is 0.0560. The minimum Gasteiger partial charge on any atom is -0.364 e. The molecule has 2 aromatic heterocycles. The number of amides is 1. The Morgan fingerprint density at radius 3 is 2.82 bits per heavy atom. The van der Waals surface area contributed by atoms with Crippen molar-refractivity contribution in [1.82, 2.24) is 14.8 Å². The van der Waals surface area contributed by atoms with E-state index in [9.17, 15) is 9.59 Å². The van der Waals surface area contributed by atoms with Crippen LogP contribution in [0.1, 0.15) is 32.1 Å². The molecule has 2 N–H and O–H groups in total. The topological polar surface area (TPSA) is 90.9 Å². The molecule has 0 aliphatic rings. The molecule has 17 heavy (non-hydrogen) atoms. The molecule has 7 heteroatoms. The molecular formula is C10H10N4O2S. The van der Waals surface area contributed by atoms with E-state index in [1.165, 1.54) is 18.3 Å². The lowest BCUT2D eigenvalue weighted by Gasteiger charge is -1.96. The van der Waals surface area contributed by atoms with Gasteiger partial charge in [-0.25, -0.2) is 4.98 Å². The third-order valence-corrected chi connectivity index (χ3v) is 3.15. The Hall–Kier alpha value is -2.02. The van der Waals surface area contributed by atoms with Crippen molar-refractivity contribution < 1.29 is 9.59 Å². The molecule has 0 fully saturated rings. The average Bonchev–Trinajstić information content (AvgIpc) is 2.87. The van der Waals surface area contributed by atoms with Gasteiger partial charge in [-0.15, -0.1) is 11.3 Å². The van der Waals surface area contributed by atoms with E-state index < -0.39 is 5.91 Å². The van der Waals surface area contributed by atoms with Crippen molar-refractivity contribution in [2.75, 3.05) is 0 Å². The predicted octanol–water partition coefficient (Wildman–Crippen LogP) is 0.689. The summed E-state index contributed by atoms with van der Waals surface area (Å²) in [5, 5.41) is 4.47. The van der Waals surface area contributed by atoms with Gasteiger partial charge in [0.1, 0.15) is 5.69 Å². The Kier molecular flexibility index (Phi) is 3.01. The van der Waals surface area contributed by atoms with Crippen LogP contribution in [0.4, 0.5) is 0 Å². The molecule has 6 nitrogen and oxygen atoms in total. The lowest BCUT2D eigenvalue weighted by Crippen LogP contribution is -2.12. The van der Waals surface area contributed by atoms with E-state index in [4.69, 9.17) is 5.73 Å². The highest BCUT2D eigenvalue weighted by molar-refractivity contribution is 7.13. The molecule has 0 spiro atoms. The number of hydrogen-bond acceptors (Lipinski definition) is 5. The third-order valence-electron chi connectivity index (χ3n) is 2.07. The highest BCUT2D eigenvalue weighted by Gasteiger charge is 2.08. The van der Waals surface area contributed by atoms with E-state index in [1.54, 1.807) is 23.1 Å². The molecule has 2 aromatic rings. The number of aromatic nitrogens is 3. The second kappa shape index (κ2) is 4.46. The zero-order valence-electron chi connectivity index (χ0n) is 9.08. The van der Waals surface area contributed by atoms with Crippen molar-refractivity contribution in [3.63, 3.8) is 0 Å². The quantitative estimate of drug-likeness (QED) is 0.808. The summed E-state index contributed by atoms with van der Waals surface area (Å²) in [4.78, 5) is 26.8. The van der Waals surface area contributed by atoms with Crippen LogP contribution in [0.15, 0.2) is 18.5 Å². The first-order valence-electron chi connectivity index (χ1n) is 4.85. The Bertz CT molecular complexity index is 522. The molecule has 2 heterocycles. The highest BCUT2D eigenvalue weighted by Crippen LogP contribution is 2.14. The number of primary amides is 1. The van der Waals surface area contributed by atoms with Gasteiger partial charge < -0.3 is 5.73 Å². The van der Waals surface area contributed by atoms with E-state index in [2.05, 4.69) is 10.1 Å². The first kappa shape index (κ1) is 11.5. The second-order valence-electron chi connectivity index (χ2n) is 3.45. The fourth-order valence-corrected chi connectivity index (χ4v) is 2.08. The lowest BCUT2D eigenvalue weighted by atomic mass is 10.4. The van der Waals surface area contributed by atoms with Crippen molar-refractivity contribution in [2.45, 2.75) is 13.5 Å². The monoisotopic (exact) mass is 250 g/mol. The van der Waals surface area contributed by atoms with Crippen LogP contribution in [0.5, 0.6) is 0 Å². The fraction of sp³-hybridized carbons (Fsp3) is 0.200. The number of nitrogens with zero attached hydrogens (tertiary/aromatic N) is 3. The van der Waals surface area contributed by atoms with Crippen molar-refractivity contribution in [3.8, 4) is 0 Å². The second-order valence-corrected chi connectivity index (χ2v) is 4.57. The van der Waals surface area contributed by atoms with Gasteiger partial charge in [0.25, 0.3) is 5.91 Å². The van der Waals surface area contributed by atoms with Crippen LogP contribution >= 0.6 is 11.3 Å². The maximum atomic E-state index is 11.1. The van der Waals surface area contributed by atoms with Gasteiger partial charge in [0.05, 0.1) is 6.54 Å². The molecule has 0 saturated heterocycles. The molecule has 0 atom stereocenters. The number of ketones is 1. The van der Waals surface area contributed by atoms with Crippen molar-refractivity contribution in [1.29, 1.82) is 0 Å². The first-order valence-corrected chi connectivity index (χ1v) is 5.67. The largest absolute Gasteiger partial charge is 0.364 e. The molecular weight excluding hydrogens is 240 g/mol. The number of Topliss-reactive ketones (excluding diaryl/α,β-unsaturated/α-hetero) is 1. The molecule has 0 radical (unpaired) electrons. The van der Waals surface area contributed by atoms with E-state index in [0.717, 1.165) is 4.88 Å². The van der Waals surface area contributed by atoms with E-state index >= 15 is 0 Å². The van der Waals surface area contributed by atoms with Gasteiger partial charge in [0.15, 0.2) is 10.8 Å². The van der Waals surface area contributed by atoms with Crippen molar-refractivity contribution >= 4 is 23.0 Å². The standard InChI is InChI=1S/C10H10N4O2S/c1-6(15)10-12-4-7(17-10)5-14-3-2-8(13-14)9(11)16/h2-4H,5H2,1H3,(H2,11,16). The van der Waals surface area contributed by atoms with Crippen LogP contribution in [0.2, 0.25) is 0 Å². The average molecular weight is 250 g/mol. The van der Waals surface area contributed by atoms with Crippen LogP contribution < -0.4 is 5.73 Å². The minimum atomic E-state index is -0.558. The summed E-state index contributed by atoms with van der Waals surface area (Å²) in [6, 6.07) is 1.55. The number of carbonyl (C=O) groups excluding carboxylic acids is 2. The van der Waals surface area contributed by atoms with Crippen LogP contribution in [-0.2, 0) is 6.54 Å². The molecule has 0 saturated carbocycles. The van der Waals surface area contributed by atoms with Gasteiger partial charge in [-0.2, -0.15) is 5.10 Å². The predicted molar refractivity (Wildman–Crippen MR) is 62.0 cm³/mol. The molecule has 1 amide bonds. The van der Waals surface area contributed by atoms with Gasteiger partial charge in [0.2, 0.25) is 0 Å². The van der Waals surface area contributed by atoms with E-state index in [-0.39, 0.29) is 11.5 Å². The third kappa shape index (κ3) is 2.56. The fourth-order valence-electron chi connectivity index (χ4n) is 1.28. The molecule has 0 bridgehead atoms. The smallest absolute Gasteiger partial charge is 0.269 e. The summed E-state index contributed by atoms with van der Waals surface area (Å²) in [5.41, 5.74) is 5.32. The summed E-state index contributed by atoms with van der Waals surface area (Å²) in [7, 11) is 0. The SMILES string of the molecule is CC(=O)c1ncc(Cn2ccc(C(N)=O)n2)s1. The Morgan fingerprint density at radius 1 is 1.53 bits per heavy atom. The maximum absolute atomic E-state index is 11.1. The number of thiazole rings is 1. The Labute approximate surface area is 101 Å². The summed E-state index contributed by atoms with van der Waals surface area (Å²) < 4.78 is 1.58. The van der Waals surface area contributed by atoms with E-state index in [1.807, 2.05) is 0 Å². The summed E-state index contributed by atoms with van der Waals surface area (Å²) in [5.74, 6) is -0.614. The molecule has 0 aliphatic heterocycles. The van der Waals surface area contributed by atoms with Crippen molar-refractivity contribution in [2.24, 2.45) is 5.73 Å². The molecule has 2 rings (SSSR count). The normalized spacial score (nSPS) is 10.4. The number of nitrogens with two attached hydrogens (primary N) is 1. The van der Waals surface area contributed by atoms with Gasteiger partial charge in [-0.3, -0.25) is 14.3 Å². The van der Waals surface area contributed by atoms with Crippen LogP contribution in [0.25, 0.3) is 0 Å². The number of carbonyl (C=O) groups is 2. The summed E-state index contributed by atoms with van der Waals surface area (Å²) in [6.45, 7) is 1.94. The Morgan fingerprint density at radius 2 is 2.29 bits per heavy atom. The highest BCUT2D eigenvalue weighted by atomic mass is 32.1. The van der Waals surface area contributed by atoms with Crippen molar-refractivity contribution in [3.05, 3.63) is 34.0 Å². The van der Waals surface area contributed by atoms with Gasteiger partial charge in [-0.1, -0.05) is 0 Å². The maximum Gasteiger partial charge on any atom is 0.269 e. The van der Waals surface area contributed by atoms with E-state index in [0.29, 0.717) is 11.6 Å². The molecule has 88 valence electrons. The van der Waals surface area contributed by atoms with Gasteiger partial charge in [0, 0.05) is 24.2 Å². The number of hydrogen-bond donors (Lipinski definition) is 1. The van der Waals surface area contributed by atoms with Gasteiger partial charge >= 0.3 is 0 Å².